The highest BCUT2D eigenvalue weighted by Crippen LogP contribution is 2.23. The molecule has 1 aliphatic rings. The first-order valence-electron chi connectivity index (χ1n) is 10.2. The first-order chi connectivity index (χ1) is 13.8. The third-order valence-electron chi connectivity index (χ3n) is 5.37. The highest BCUT2D eigenvalue weighted by atomic mass is 16.5. The van der Waals surface area contributed by atoms with Crippen LogP contribution < -0.4 is 10.1 Å². The molecule has 0 radical (unpaired) electrons. The zero-order valence-corrected chi connectivity index (χ0v) is 17.7. The molecule has 0 saturated carbocycles. The van der Waals surface area contributed by atoms with Gasteiger partial charge in [0.2, 0.25) is 0 Å². The Labute approximate surface area is 172 Å². The number of hydrogen-bond acceptors (Lipinski definition) is 4. The van der Waals surface area contributed by atoms with Gasteiger partial charge in [0.25, 0.3) is 11.8 Å². The minimum absolute atomic E-state index is 0.0259. The molecule has 1 aromatic heterocycles. The molecule has 0 bridgehead atoms. The predicted molar refractivity (Wildman–Crippen MR) is 111 cm³/mol. The lowest BCUT2D eigenvalue weighted by atomic mass is 9.98. The molecule has 1 saturated heterocycles. The summed E-state index contributed by atoms with van der Waals surface area (Å²) in [5, 5.41) is 2.98. The van der Waals surface area contributed by atoms with E-state index in [2.05, 4.69) is 32.2 Å². The Morgan fingerprint density at radius 1 is 1.17 bits per heavy atom. The number of carbonyl (C=O) groups excluding carboxylic acids is 2. The van der Waals surface area contributed by atoms with Crippen LogP contribution in [0.3, 0.4) is 0 Å². The molecule has 2 aromatic rings. The molecule has 0 spiro atoms. The lowest BCUT2D eigenvalue weighted by Gasteiger charge is -2.32. The second kappa shape index (κ2) is 9.16. The van der Waals surface area contributed by atoms with Crippen molar-refractivity contribution in [3.63, 3.8) is 0 Å². The lowest BCUT2D eigenvalue weighted by Crippen LogP contribution is -2.47. The van der Waals surface area contributed by atoms with E-state index in [1.54, 1.807) is 17.0 Å². The molecule has 1 fully saturated rings. The van der Waals surface area contributed by atoms with Crippen molar-refractivity contribution >= 4 is 11.8 Å². The number of hydrogen-bond donors (Lipinski definition) is 1. The summed E-state index contributed by atoms with van der Waals surface area (Å²) in [5.41, 5.74) is 2.46. The van der Waals surface area contributed by atoms with Crippen molar-refractivity contribution in [2.45, 2.75) is 52.5 Å². The summed E-state index contributed by atoms with van der Waals surface area (Å²) in [5.74, 6) is 1.99. The van der Waals surface area contributed by atoms with Crippen LogP contribution in [0.4, 0.5) is 0 Å². The quantitative estimate of drug-likeness (QED) is 0.803. The first-order valence-corrected chi connectivity index (χ1v) is 10.2. The number of aryl methyl sites for hydroxylation is 2. The average molecular weight is 399 g/mol. The van der Waals surface area contributed by atoms with E-state index < -0.39 is 0 Å². The van der Waals surface area contributed by atoms with Crippen molar-refractivity contribution in [3.05, 3.63) is 53.0 Å². The number of nitrogens with zero attached hydrogens (tertiary/aromatic N) is 1. The molecule has 1 aliphatic heterocycles. The van der Waals surface area contributed by atoms with Gasteiger partial charge in [-0.05, 0) is 68.0 Å². The van der Waals surface area contributed by atoms with Gasteiger partial charge >= 0.3 is 0 Å². The van der Waals surface area contributed by atoms with E-state index in [1.807, 2.05) is 19.1 Å². The number of furan rings is 1. The minimum atomic E-state index is -0.202. The van der Waals surface area contributed by atoms with E-state index >= 15 is 0 Å². The van der Waals surface area contributed by atoms with Crippen LogP contribution in [0.1, 0.15) is 60.0 Å². The van der Waals surface area contributed by atoms with Crippen LogP contribution in [0, 0.1) is 13.8 Å². The van der Waals surface area contributed by atoms with Crippen molar-refractivity contribution < 1.29 is 18.7 Å². The van der Waals surface area contributed by atoms with Gasteiger partial charge in [0.15, 0.2) is 12.4 Å². The van der Waals surface area contributed by atoms with Gasteiger partial charge in [-0.15, -0.1) is 0 Å². The van der Waals surface area contributed by atoms with Crippen LogP contribution in [-0.4, -0.2) is 42.5 Å². The topological polar surface area (TPSA) is 71.8 Å². The Morgan fingerprint density at radius 3 is 2.48 bits per heavy atom. The first kappa shape index (κ1) is 21.0. The van der Waals surface area contributed by atoms with Crippen LogP contribution >= 0.6 is 0 Å². The third kappa shape index (κ3) is 5.40. The Morgan fingerprint density at radius 2 is 1.90 bits per heavy atom. The van der Waals surface area contributed by atoms with Crippen LogP contribution in [0.15, 0.2) is 34.7 Å². The van der Waals surface area contributed by atoms with E-state index in [1.165, 1.54) is 11.1 Å². The van der Waals surface area contributed by atoms with Crippen LogP contribution in [0.5, 0.6) is 5.75 Å². The molecule has 156 valence electrons. The third-order valence-corrected chi connectivity index (χ3v) is 5.37. The fourth-order valence-electron chi connectivity index (χ4n) is 3.71. The van der Waals surface area contributed by atoms with E-state index in [0.717, 1.165) is 18.6 Å². The van der Waals surface area contributed by atoms with E-state index in [0.29, 0.717) is 30.5 Å². The Hall–Kier alpha value is -2.76. The zero-order chi connectivity index (χ0) is 21.0. The largest absolute Gasteiger partial charge is 0.484 e. The number of nitrogens with one attached hydrogen (secondary N) is 1. The van der Waals surface area contributed by atoms with Gasteiger partial charge in [0.1, 0.15) is 11.5 Å². The number of rotatable bonds is 6. The molecule has 1 N–H and O–H groups in total. The molecule has 3 rings (SSSR count). The molecule has 2 amide bonds. The van der Waals surface area contributed by atoms with Gasteiger partial charge in [0.05, 0.1) is 0 Å². The van der Waals surface area contributed by atoms with Gasteiger partial charge in [0, 0.05) is 19.1 Å². The van der Waals surface area contributed by atoms with Gasteiger partial charge < -0.3 is 19.4 Å². The van der Waals surface area contributed by atoms with Gasteiger partial charge in [-0.3, -0.25) is 9.59 Å². The zero-order valence-electron chi connectivity index (χ0n) is 17.7. The highest BCUT2D eigenvalue weighted by molar-refractivity contribution is 5.91. The van der Waals surface area contributed by atoms with Gasteiger partial charge in [-0.25, -0.2) is 0 Å². The molecule has 0 atom stereocenters. The molecule has 6 heteroatoms. The van der Waals surface area contributed by atoms with E-state index in [4.69, 9.17) is 9.15 Å². The van der Waals surface area contributed by atoms with Crippen molar-refractivity contribution in [1.82, 2.24) is 10.2 Å². The normalized spacial score (nSPS) is 14.9. The Kier molecular flexibility index (Phi) is 6.62. The average Bonchev–Trinajstić information content (AvgIpc) is 3.13. The van der Waals surface area contributed by atoms with Crippen molar-refractivity contribution in [2.75, 3.05) is 19.7 Å². The predicted octanol–water partition coefficient (Wildman–Crippen LogP) is 3.82. The van der Waals surface area contributed by atoms with Crippen LogP contribution in [0.25, 0.3) is 0 Å². The summed E-state index contributed by atoms with van der Waals surface area (Å²) >= 11 is 0. The monoisotopic (exact) mass is 398 g/mol. The SMILES string of the molecule is Cc1ccc(C(=O)NC2CCN(C(=O)COc3ccc(C(C)C)c(C)c3)CC2)o1. The lowest BCUT2D eigenvalue weighted by molar-refractivity contribution is -0.134. The number of likely N-dealkylation sites (tertiary alicyclic amines) is 1. The Bertz CT molecular complexity index is 864. The maximum Gasteiger partial charge on any atom is 0.287 e. The molecule has 1 aromatic carbocycles. The maximum atomic E-state index is 12.5. The minimum Gasteiger partial charge on any atom is -0.484 e. The molecule has 0 aliphatic carbocycles. The highest BCUT2D eigenvalue weighted by Gasteiger charge is 2.25. The molecule has 0 unspecified atom stereocenters. The smallest absolute Gasteiger partial charge is 0.287 e. The summed E-state index contributed by atoms with van der Waals surface area (Å²) < 4.78 is 11.1. The van der Waals surface area contributed by atoms with Crippen LogP contribution in [0.2, 0.25) is 0 Å². The number of piperidine rings is 1. The second-order valence-electron chi connectivity index (χ2n) is 8.00. The Balaban J connectivity index is 1.44. The van der Waals surface area contributed by atoms with Crippen molar-refractivity contribution in [2.24, 2.45) is 0 Å². The fourth-order valence-corrected chi connectivity index (χ4v) is 3.71. The molecule has 29 heavy (non-hydrogen) atoms. The fraction of sp³-hybridized carbons (Fsp3) is 0.478. The summed E-state index contributed by atoms with van der Waals surface area (Å²) in [7, 11) is 0. The van der Waals surface area contributed by atoms with Gasteiger partial charge in [-0.2, -0.15) is 0 Å². The molecular formula is C23H30N2O4. The standard InChI is InChI=1S/C23H30N2O4/c1-15(2)20-7-6-19(13-16(20)3)28-14-22(26)25-11-9-18(10-12-25)24-23(27)21-8-5-17(4)29-21/h5-8,13,15,18H,9-12,14H2,1-4H3,(H,24,27). The summed E-state index contributed by atoms with van der Waals surface area (Å²) in [6.45, 7) is 9.44. The van der Waals surface area contributed by atoms with Crippen LogP contribution in [-0.2, 0) is 4.79 Å². The molecule has 6 nitrogen and oxygen atoms in total. The second-order valence-corrected chi connectivity index (χ2v) is 8.00. The van der Waals surface area contributed by atoms with E-state index in [9.17, 15) is 9.59 Å². The summed E-state index contributed by atoms with van der Waals surface area (Å²) in [6.07, 6.45) is 1.44. The number of benzene rings is 1. The van der Waals surface area contributed by atoms with Crippen molar-refractivity contribution in [3.8, 4) is 5.75 Å². The van der Waals surface area contributed by atoms with Gasteiger partial charge in [-0.1, -0.05) is 19.9 Å². The summed E-state index contributed by atoms with van der Waals surface area (Å²) in [4.78, 5) is 26.5. The number of carbonyl (C=O) groups is 2. The van der Waals surface area contributed by atoms with E-state index in [-0.39, 0.29) is 24.5 Å². The summed E-state index contributed by atoms with van der Waals surface area (Å²) in [6, 6.07) is 9.47. The maximum absolute atomic E-state index is 12.5. The number of amides is 2. The number of ether oxygens (including phenoxy) is 1. The molecule has 2 heterocycles. The van der Waals surface area contributed by atoms with Crippen molar-refractivity contribution in [1.29, 1.82) is 0 Å². The molecular weight excluding hydrogens is 368 g/mol.